The maximum absolute atomic E-state index is 2.52. The number of hydrogen-bond acceptors (Lipinski definition) is 3. The number of hydrogen-bond donors (Lipinski definition) is 0. The van der Waals surface area contributed by atoms with Gasteiger partial charge in [0, 0.05) is 41.0 Å². The van der Waals surface area contributed by atoms with Crippen molar-refractivity contribution >= 4 is 171 Å². The Kier molecular flexibility index (Phi) is 12.1. The van der Waals surface area contributed by atoms with Crippen LogP contribution in [-0.4, -0.2) is 11.5 Å². The van der Waals surface area contributed by atoms with Gasteiger partial charge in [-0.2, -0.15) is 0 Å². The van der Waals surface area contributed by atoms with Gasteiger partial charge in [-0.05, 0) is 159 Å². The Hall–Kier alpha value is 3.87. The van der Waals surface area contributed by atoms with Gasteiger partial charge >= 0.3 is 0 Å². The average molecular weight is 1060 g/mol. The highest BCUT2D eigenvalue weighted by molar-refractivity contribution is 14.1. The summed E-state index contributed by atoms with van der Waals surface area (Å²) in [5.74, 6) is 2.22. The predicted octanol–water partition coefficient (Wildman–Crippen LogP) is 9.69. The van der Waals surface area contributed by atoms with Crippen LogP contribution in [0.5, 0.6) is 0 Å². The first-order chi connectivity index (χ1) is 11.8. The second-order valence-electron chi connectivity index (χ2n) is 4.60. The fourth-order valence-electron chi connectivity index (χ4n) is 1.92. The summed E-state index contributed by atoms with van der Waals surface area (Å²) >= 11 is 20.8. The van der Waals surface area contributed by atoms with E-state index in [2.05, 4.69) is 162 Å². The third-order valence-corrected chi connectivity index (χ3v) is 16.4. The van der Waals surface area contributed by atoms with Crippen molar-refractivity contribution in [2.75, 3.05) is 11.5 Å². The average Bonchev–Trinajstić information content (AvgIpc) is 2.57. The molecule has 0 nitrogen and oxygen atoms in total. The molecule has 0 aliphatic carbocycles. The molecule has 0 amide bonds. The second-order valence-corrected chi connectivity index (χ2v) is 14.9. The fraction of sp³-hybridized carbons (Fsp3) is 0.250. The standard InChI is InChI=1S/C16H12I6S3/c1-3-23-9-5-7(17)15(13(21)11(9)19)25-16-8(18)6-10(24-4-2)12(20)14(16)22/h5-6H,3-4H2,1-2H3. The molecular formula is C16H12I6S3. The summed E-state index contributed by atoms with van der Waals surface area (Å²) in [6, 6.07) is 4.68. The van der Waals surface area contributed by atoms with Crippen LogP contribution in [0.15, 0.2) is 31.7 Å². The molecule has 0 fully saturated rings. The summed E-state index contributed by atoms with van der Waals surface area (Å²) < 4.78 is 8.20. The number of thioether (sulfide) groups is 2. The van der Waals surface area contributed by atoms with E-state index in [0.717, 1.165) is 11.5 Å². The molecule has 0 unspecified atom stereocenters. The third-order valence-electron chi connectivity index (χ3n) is 2.97. The highest BCUT2D eigenvalue weighted by Gasteiger charge is 2.19. The van der Waals surface area contributed by atoms with Crippen molar-refractivity contribution in [2.45, 2.75) is 33.4 Å². The Morgan fingerprint density at radius 3 is 1.32 bits per heavy atom. The van der Waals surface area contributed by atoms with Gasteiger partial charge in [0.2, 0.25) is 0 Å². The van der Waals surface area contributed by atoms with Crippen LogP contribution in [0.4, 0.5) is 0 Å². The Bertz CT molecular complexity index is 729. The molecule has 136 valence electrons. The van der Waals surface area contributed by atoms with Gasteiger partial charge in [-0.25, -0.2) is 0 Å². The van der Waals surface area contributed by atoms with E-state index >= 15 is 0 Å². The summed E-state index contributed by atoms with van der Waals surface area (Å²) in [6.07, 6.45) is 0. The molecule has 0 aromatic heterocycles. The molecule has 0 aliphatic heterocycles. The van der Waals surface area contributed by atoms with Gasteiger partial charge in [0.25, 0.3) is 0 Å². The summed E-state index contributed by atoms with van der Waals surface area (Å²) in [4.78, 5) is 5.56. The van der Waals surface area contributed by atoms with Crippen LogP contribution in [0, 0.1) is 21.4 Å². The number of halogens is 6. The molecule has 0 spiro atoms. The zero-order valence-corrected chi connectivity index (χ0v) is 28.5. The number of benzene rings is 2. The molecule has 0 aliphatic rings. The molecule has 0 bridgehead atoms. The van der Waals surface area contributed by atoms with E-state index in [9.17, 15) is 0 Å². The van der Waals surface area contributed by atoms with Crippen molar-refractivity contribution in [3.63, 3.8) is 0 Å². The molecule has 9 heteroatoms. The first-order valence-electron chi connectivity index (χ1n) is 7.10. The van der Waals surface area contributed by atoms with Crippen molar-refractivity contribution in [1.82, 2.24) is 0 Å². The molecule has 2 aromatic rings. The normalized spacial score (nSPS) is 11.2. The molecule has 0 atom stereocenters. The van der Waals surface area contributed by atoms with Crippen molar-refractivity contribution in [3.05, 3.63) is 33.6 Å². The van der Waals surface area contributed by atoms with E-state index < -0.39 is 0 Å². The largest absolute Gasteiger partial charge is 0.125 e. The lowest BCUT2D eigenvalue weighted by molar-refractivity contribution is 1.19. The van der Waals surface area contributed by atoms with Crippen molar-refractivity contribution in [1.29, 1.82) is 0 Å². The molecule has 25 heavy (non-hydrogen) atoms. The van der Waals surface area contributed by atoms with Crippen molar-refractivity contribution in [3.8, 4) is 0 Å². The summed E-state index contributed by atoms with van der Waals surface area (Å²) in [6.45, 7) is 4.43. The number of rotatable bonds is 6. The van der Waals surface area contributed by atoms with Gasteiger partial charge in [-0.3, -0.25) is 0 Å². The summed E-state index contributed by atoms with van der Waals surface area (Å²) in [5.41, 5.74) is 0. The molecular weight excluding hydrogens is 1050 g/mol. The summed E-state index contributed by atoms with van der Waals surface area (Å²) in [7, 11) is 0. The molecule has 0 saturated carbocycles. The third kappa shape index (κ3) is 6.43. The fourth-order valence-corrected chi connectivity index (χ4v) is 11.9. The zero-order chi connectivity index (χ0) is 18.7. The van der Waals surface area contributed by atoms with E-state index in [1.54, 1.807) is 0 Å². The van der Waals surface area contributed by atoms with Crippen LogP contribution in [0.3, 0.4) is 0 Å². The quantitative estimate of drug-likeness (QED) is 0.161. The van der Waals surface area contributed by atoms with Crippen molar-refractivity contribution in [2.24, 2.45) is 0 Å². The van der Waals surface area contributed by atoms with Crippen LogP contribution in [0.25, 0.3) is 0 Å². The van der Waals surface area contributed by atoms with Crippen molar-refractivity contribution < 1.29 is 0 Å². The minimum absolute atomic E-state index is 1.11. The van der Waals surface area contributed by atoms with E-state index in [4.69, 9.17) is 0 Å². The minimum Gasteiger partial charge on any atom is -0.125 e. The molecule has 0 heterocycles. The topological polar surface area (TPSA) is 0 Å². The van der Waals surface area contributed by atoms with Crippen LogP contribution in [-0.2, 0) is 0 Å². The van der Waals surface area contributed by atoms with Gasteiger partial charge in [0.1, 0.15) is 0 Å². The highest BCUT2D eigenvalue weighted by atomic mass is 127. The second kappa shape index (κ2) is 12.0. The Morgan fingerprint density at radius 2 is 1.00 bits per heavy atom. The van der Waals surface area contributed by atoms with E-state index in [0.29, 0.717) is 0 Å². The molecule has 0 saturated heterocycles. The van der Waals surface area contributed by atoms with Gasteiger partial charge in [0.15, 0.2) is 0 Å². The molecule has 0 N–H and O–H groups in total. The lowest BCUT2D eigenvalue weighted by Crippen LogP contribution is -1.97. The molecule has 2 aromatic carbocycles. The van der Waals surface area contributed by atoms with Gasteiger partial charge in [0.05, 0.1) is 0 Å². The first-order valence-corrected chi connectivity index (χ1v) is 16.4. The van der Waals surface area contributed by atoms with Gasteiger partial charge < -0.3 is 0 Å². The highest BCUT2D eigenvalue weighted by Crippen LogP contribution is 2.45. The van der Waals surface area contributed by atoms with E-state index in [1.807, 2.05) is 35.3 Å². The van der Waals surface area contributed by atoms with Gasteiger partial charge in [-0.1, -0.05) is 25.6 Å². The Balaban J connectivity index is 2.50. The monoisotopic (exact) mass is 1060 g/mol. The Labute approximate surface area is 244 Å². The lowest BCUT2D eigenvalue weighted by Gasteiger charge is -2.16. The van der Waals surface area contributed by atoms with Crippen LogP contribution in [0.1, 0.15) is 13.8 Å². The smallest absolute Gasteiger partial charge is 0.0425 e. The van der Waals surface area contributed by atoms with Crippen LogP contribution < -0.4 is 0 Å². The molecule has 0 radical (unpaired) electrons. The Morgan fingerprint density at radius 1 is 0.640 bits per heavy atom. The lowest BCUT2D eigenvalue weighted by atomic mass is 10.4. The predicted molar refractivity (Wildman–Crippen MR) is 166 cm³/mol. The molecule has 2 rings (SSSR count). The first kappa shape index (κ1) is 25.1. The zero-order valence-electron chi connectivity index (χ0n) is 13.1. The maximum Gasteiger partial charge on any atom is 0.0425 e. The van der Waals surface area contributed by atoms with E-state index in [1.165, 1.54) is 41.0 Å². The summed E-state index contributed by atoms with van der Waals surface area (Å²) in [5, 5.41) is 0. The van der Waals surface area contributed by atoms with Crippen LogP contribution >= 0.6 is 171 Å². The maximum atomic E-state index is 2.52. The van der Waals surface area contributed by atoms with Crippen LogP contribution in [0.2, 0.25) is 0 Å². The SMILES string of the molecule is CCSc1cc(I)c(Sc2c(I)cc(SCC)c(I)c2I)c(I)c1I. The van der Waals surface area contributed by atoms with Gasteiger partial charge in [-0.15, -0.1) is 23.5 Å². The minimum atomic E-state index is 1.11. The van der Waals surface area contributed by atoms with E-state index in [-0.39, 0.29) is 0 Å².